The molecule has 0 saturated heterocycles. The third-order valence-electron chi connectivity index (χ3n) is 5.90. The molecule has 2 heteroatoms. The molecule has 3 saturated carbocycles. The molecular weight excluding hydrogens is 224 g/mol. The van der Waals surface area contributed by atoms with Crippen LogP contribution in [0.15, 0.2) is 0 Å². The molecule has 2 bridgehead atoms. The zero-order chi connectivity index (χ0) is 13.7. The van der Waals surface area contributed by atoms with E-state index in [9.17, 15) is 4.79 Å². The Kier molecular flexibility index (Phi) is 3.28. The lowest BCUT2D eigenvalue weighted by Crippen LogP contribution is -2.61. The molecule has 0 heterocycles. The lowest BCUT2D eigenvalue weighted by atomic mass is 9.44. The molecule has 3 aliphatic rings. The van der Waals surface area contributed by atoms with E-state index >= 15 is 0 Å². The van der Waals surface area contributed by atoms with E-state index in [2.05, 4.69) is 34.6 Å². The van der Waals surface area contributed by atoms with E-state index in [1.54, 1.807) is 0 Å². The SMILES string of the molecule is CC(C)C(C)C(=O)OC1(C)CCC2CC1C2(C)C. The van der Waals surface area contributed by atoms with E-state index in [1.165, 1.54) is 12.8 Å². The molecule has 4 unspecified atom stereocenters. The fourth-order valence-electron chi connectivity index (χ4n) is 3.89. The molecule has 0 spiro atoms. The zero-order valence-electron chi connectivity index (χ0n) is 12.7. The van der Waals surface area contributed by atoms with Crippen molar-refractivity contribution in [2.45, 2.75) is 66.4 Å². The van der Waals surface area contributed by atoms with E-state index in [0.29, 0.717) is 17.3 Å². The minimum atomic E-state index is -0.224. The monoisotopic (exact) mass is 252 g/mol. The number of carbonyl (C=O) groups excluding carboxylic acids is 1. The first-order chi connectivity index (χ1) is 8.18. The van der Waals surface area contributed by atoms with Crippen molar-refractivity contribution in [3.63, 3.8) is 0 Å². The van der Waals surface area contributed by atoms with Crippen LogP contribution in [0.2, 0.25) is 0 Å². The lowest BCUT2D eigenvalue weighted by molar-refractivity contribution is -0.221. The molecule has 0 aromatic rings. The third kappa shape index (κ3) is 1.98. The van der Waals surface area contributed by atoms with Gasteiger partial charge in [-0.2, -0.15) is 0 Å². The van der Waals surface area contributed by atoms with Crippen molar-refractivity contribution in [1.82, 2.24) is 0 Å². The Morgan fingerprint density at radius 2 is 1.83 bits per heavy atom. The minimum absolute atomic E-state index is 0.00253. The standard InChI is InChI=1S/C16H28O2/c1-10(2)11(3)14(17)18-16(6)8-7-12-9-13(16)15(12,4)5/h10-13H,7-9H2,1-6H3. The van der Waals surface area contributed by atoms with Crippen LogP contribution in [0.3, 0.4) is 0 Å². The van der Waals surface area contributed by atoms with Gasteiger partial charge in [0, 0.05) is 5.92 Å². The molecule has 0 radical (unpaired) electrons. The maximum Gasteiger partial charge on any atom is 0.309 e. The molecule has 2 nitrogen and oxygen atoms in total. The highest BCUT2D eigenvalue weighted by atomic mass is 16.6. The zero-order valence-corrected chi connectivity index (χ0v) is 12.7. The van der Waals surface area contributed by atoms with E-state index in [1.807, 2.05) is 6.92 Å². The summed E-state index contributed by atoms with van der Waals surface area (Å²) in [6, 6.07) is 0. The van der Waals surface area contributed by atoms with Crippen molar-refractivity contribution < 1.29 is 9.53 Å². The maximum absolute atomic E-state index is 12.2. The van der Waals surface area contributed by atoms with Gasteiger partial charge in [-0.05, 0) is 43.4 Å². The van der Waals surface area contributed by atoms with Gasteiger partial charge in [0.25, 0.3) is 0 Å². The van der Waals surface area contributed by atoms with Crippen molar-refractivity contribution in [2.24, 2.45) is 29.1 Å². The summed E-state index contributed by atoms with van der Waals surface area (Å²) >= 11 is 0. The molecule has 0 N–H and O–H groups in total. The fraction of sp³-hybridized carbons (Fsp3) is 0.938. The van der Waals surface area contributed by atoms with Crippen molar-refractivity contribution in [1.29, 1.82) is 0 Å². The lowest BCUT2D eigenvalue weighted by Gasteiger charge is -2.63. The highest BCUT2D eigenvalue weighted by Gasteiger charge is 2.61. The molecule has 0 amide bonds. The fourth-order valence-corrected chi connectivity index (χ4v) is 3.89. The first kappa shape index (κ1) is 13.9. The summed E-state index contributed by atoms with van der Waals surface area (Å²) in [6.45, 7) is 13.0. The van der Waals surface area contributed by atoms with Gasteiger partial charge in [-0.15, -0.1) is 0 Å². The number of ether oxygens (including phenoxy) is 1. The second-order valence-electron chi connectivity index (χ2n) is 7.61. The number of fused-ring (bicyclic) bond motifs is 2. The van der Waals surface area contributed by atoms with Gasteiger partial charge < -0.3 is 4.74 Å². The molecular formula is C16H28O2. The highest BCUT2D eigenvalue weighted by Crippen LogP contribution is 2.63. The molecule has 4 atom stereocenters. The molecule has 104 valence electrons. The van der Waals surface area contributed by atoms with Crippen LogP contribution in [0.4, 0.5) is 0 Å². The predicted molar refractivity (Wildman–Crippen MR) is 73.1 cm³/mol. The van der Waals surface area contributed by atoms with Crippen LogP contribution in [0, 0.1) is 29.1 Å². The predicted octanol–water partition coefficient (Wildman–Crippen LogP) is 4.04. The second kappa shape index (κ2) is 4.25. The van der Waals surface area contributed by atoms with E-state index in [4.69, 9.17) is 4.74 Å². The smallest absolute Gasteiger partial charge is 0.309 e. The summed E-state index contributed by atoms with van der Waals surface area (Å²) in [5.41, 5.74) is 0.132. The highest BCUT2D eigenvalue weighted by molar-refractivity contribution is 5.72. The number of carbonyl (C=O) groups is 1. The molecule has 3 rings (SSSR count). The van der Waals surface area contributed by atoms with Crippen LogP contribution in [0.25, 0.3) is 0 Å². The first-order valence-corrected chi connectivity index (χ1v) is 7.41. The summed E-state index contributed by atoms with van der Waals surface area (Å²) < 4.78 is 5.95. The van der Waals surface area contributed by atoms with Crippen LogP contribution in [-0.4, -0.2) is 11.6 Å². The largest absolute Gasteiger partial charge is 0.459 e. The van der Waals surface area contributed by atoms with E-state index in [-0.39, 0.29) is 17.5 Å². The van der Waals surface area contributed by atoms with Crippen LogP contribution >= 0.6 is 0 Å². The van der Waals surface area contributed by atoms with Gasteiger partial charge in [-0.25, -0.2) is 0 Å². The van der Waals surface area contributed by atoms with Gasteiger partial charge in [-0.3, -0.25) is 4.79 Å². The van der Waals surface area contributed by atoms with Crippen LogP contribution in [0.1, 0.15) is 60.8 Å². The Morgan fingerprint density at radius 1 is 1.22 bits per heavy atom. The first-order valence-electron chi connectivity index (χ1n) is 7.41. The summed E-state index contributed by atoms with van der Waals surface area (Å²) in [7, 11) is 0. The Bertz CT molecular complexity index is 343. The summed E-state index contributed by atoms with van der Waals surface area (Å²) in [5, 5.41) is 0. The Hall–Kier alpha value is -0.530. The van der Waals surface area contributed by atoms with Gasteiger partial charge >= 0.3 is 5.97 Å². The van der Waals surface area contributed by atoms with Gasteiger partial charge in [0.05, 0.1) is 5.92 Å². The molecule has 0 aliphatic heterocycles. The Balaban J connectivity index is 2.06. The number of hydrogen-bond donors (Lipinski definition) is 0. The summed E-state index contributed by atoms with van der Waals surface area (Å²) in [4.78, 5) is 12.2. The van der Waals surface area contributed by atoms with Crippen LogP contribution in [-0.2, 0) is 9.53 Å². The van der Waals surface area contributed by atoms with Gasteiger partial charge in [-0.1, -0.05) is 34.6 Å². The molecule has 3 fully saturated rings. The number of rotatable bonds is 3. The Labute approximate surface area is 111 Å². The van der Waals surface area contributed by atoms with Crippen LogP contribution < -0.4 is 0 Å². The average Bonchev–Trinajstić information content (AvgIpc) is 2.26. The van der Waals surface area contributed by atoms with Crippen molar-refractivity contribution in [3.05, 3.63) is 0 Å². The minimum Gasteiger partial charge on any atom is -0.459 e. The average molecular weight is 252 g/mol. The molecule has 0 aromatic carbocycles. The topological polar surface area (TPSA) is 26.3 Å². The van der Waals surface area contributed by atoms with Crippen molar-refractivity contribution >= 4 is 5.97 Å². The van der Waals surface area contributed by atoms with Crippen molar-refractivity contribution in [3.8, 4) is 0 Å². The van der Waals surface area contributed by atoms with E-state index < -0.39 is 0 Å². The second-order valence-corrected chi connectivity index (χ2v) is 7.61. The third-order valence-corrected chi connectivity index (χ3v) is 5.90. The molecule has 0 aromatic heterocycles. The van der Waals surface area contributed by atoms with E-state index in [0.717, 1.165) is 12.3 Å². The van der Waals surface area contributed by atoms with Crippen LogP contribution in [0.5, 0.6) is 0 Å². The molecule has 3 aliphatic carbocycles. The molecule has 18 heavy (non-hydrogen) atoms. The quantitative estimate of drug-likeness (QED) is 0.709. The van der Waals surface area contributed by atoms with Gasteiger partial charge in [0.1, 0.15) is 5.60 Å². The number of esters is 1. The van der Waals surface area contributed by atoms with Gasteiger partial charge in [0.15, 0.2) is 0 Å². The normalized spacial score (nSPS) is 39.1. The van der Waals surface area contributed by atoms with Crippen molar-refractivity contribution in [2.75, 3.05) is 0 Å². The summed E-state index contributed by atoms with van der Waals surface area (Å²) in [5.74, 6) is 1.74. The van der Waals surface area contributed by atoms with Gasteiger partial charge in [0.2, 0.25) is 0 Å². The Morgan fingerprint density at radius 3 is 2.28 bits per heavy atom. The summed E-state index contributed by atoms with van der Waals surface area (Å²) in [6.07, 6.45) is 3.50. The number of hydrogen-bond acceptors (Lipinski definition) is 2. The maximum atomic E-state index is 12.2.